The van der Waals surface area contributed by atoms with Crippen molar-refractivity contribution in [3.63, 3.8) is 0 Å². The highest BCUT2D eigenvalue weighted by Crippen LogP contribution is 2.44. The van der Waals surface area contributed by atoms with Crippen molar-refractivity contribution in [2.45, 2.75) is 57.4 Å². The number of alkyl carbamates (subject to hydrolysis) is 1. The van der Waals surface area contributed by atoms with Gasteiger partial charge >= 0.3 is 12.1 Å². The minimum Gasteiger partial charge on any atom is -0.481 e. The molecule has 0 aromatic heterocycles. The number of carboxylic acids is 1. The van der Waals surface area contributed by atoms with E-state index in [0.29, 0.717) is 13.0 Å². The molecule has 2 aromatic rings. The molecular weight excluding hydrogens is 444 g/mol. The maximum atomic E-state index is 12.9. The Bertz CT molecular complexity index is 1020. The van der Waals surface area contributed by atoms with E-state index in [1.54, 1.807) is 0 Å². The van der Waals surface area contributed by atoms with Crippen LogP contribution in [0.4, 0.5) is 4.79 Å². The van der Waals surface area contributed by atoms with Crippen molar-refractivity contribution in [3.05, 3.63) is 59.7 Å². The lowest BCUT2D eigenvalue weighted by molar-refractivity contribution is -0.138. The summed E-state index contributed by atoms with van der Waals surface area (Å²) in [5.41, 5.74) is 4.69. The molecule has 7 heteroatoms. The molecule has 0 radical (unpaired) electrons. The van der Waals surface area contributed by atoms with E-state index in [2.05, 4.69) is 34.9 Å². The SMILES string of the molecule is CC[C@H](CC(=O)O)NC(=O)[C@H]1CCCC[C@H]1CNC(=O)OCC1c2ccccc2-c2ccccc21. The normalized spacial score (nSPS) is 19.8. The molecule has 0 aliphatic heterocycles. The number of aliphatic carboxylic acids is 1. The van der Waals surface area contributed by atoms with E-state index < -0.39 is 12.1 Å². The second-order valence-electron chi connectivity index (χ2n) is 9.57. The van der Waals surface area contributed by atoms with Gasteiger partial charge in [0.25, 0.3) is 0 Å². The third-order valence-corrected chi connectivity index (χ3v) is 7.36. The smallest absolute Gasteiger partial charge is 0.407 e. The fourth-order valence-corrected chi connectivity index (χ4v) is 5.48. The summed E-state index contributed by atoms with van der Waals surface area (Å²) in [4.78, 5) is 36.5. The van der Waals surface area contributed by atoms with Gasteiger partial charge in [-0.15, -0.1) is 0 Å². The molecule has 186 valence electrons. The van der Waals surface area contributed by atoms with Gasteiger partial charge in [0.1, 0.15) is 6.61 Å². The molecule has 1 saturated carbocycles. The molecule has 4 rings (SSSR count). The largest absolute Gasteiger partial charge is 0.481 e. The van der Waals surface area contributed by atoms with E-state index in [4.69, 9.17) is 9.84 Å². The second-order valence-corrected chi connectivity index (χ2v) is 9.57. The van der Waals surface area contributed by atoms with Crippen LogP contribution in [0.25, 0.3) is 11.1 Å². The number of hydrogen-bond acceptors (Lipinski definition) is 4. The third-order valence-electron chi connectivity index (χ3n) is 7.36. The van der Waals surface area contributed by atoms with Crippen molar-refractivity contribution >= 4 is 18.0 Å². The molecule has 0 unspecified atom stereocenters. The molecule has 2 aromatic carbocycles. The summed E-state index contributed by atoms with van der Waals surface area (Å²) in [5, 5.41) is 14.8. The lowest BCUT2D eigenvalue weighted by Gasteiger charge is -2.31. The minimum atomic E-state index is -0.922. The lowest BCUT2D eigenvalue weighted by Crippen LogP contribution is -2.45. The van der Waals surface area contributed by atoms with Gasteiger partial charge in [0.15, 0.2) is 0 Å². The predicted molar refractivity (Wildman–Crippen MR) is 133 cm³/mol. The van der Waals surface area contributed by atoms with Crippen LogP contribution in [0.2, 0.25) is 0 Å². The molecule has 2 aliphatic carbocycles. The first kappa shape index (κ1) is 24.8. The van der Waals surface area contributed by atoms with Gasteiger partial charge < -0.3 is 20.5 Å². The average molecular weight is 479 g/mol. The topological polar surface area (TPSA) is 105 Å². The van der Waals surface area contributed by atoms with E-state index in [-0.39, 0.29) is 42.7 Å². The first-order valence-electron chi connectivity index (χ1n) is 12.6. The zero-order chi connectivity index (χ0) is 24.8. The number of rotatable bonds is 9. The summed E-state index contributed by atoms with van der Waals surface area (Å²) < 4.78 is 5.64. The number of carboxylic acid groups (broad SMARTS) is 1. The molecule has 35 heavy (non-hydrogen) atoms. The highest BCUT2D eigenvalue weighted by molar-refractivity contribution is 5.81. The number of carbonyl (C=O) groups is 3. The molecule has 7 nitrogen and oxygen atoms in total. The van der Waals surface area contributed by atoms with Crippen molar-refractivity contribution < 1.29 is 24.2 Å². The Morgan fingerprint density at radius 2 is 1.63 bits per heavy atom. The number of fused-ring (bicyclic) bond motifs is 3. The minimum absolute atomic E-state index is 0.00145. The summed E-state index contributed by atoms with van der Waals surface area (Å²) in [5.74, 6) is -1.26. The predicted octanol–water partition coefficient (Wildman–Crippen LogP) is 4.70. The molecular formula is C28H34N2O5. The number of amides is 2. The van der Waals surface area contributed by atoms with E-state index >= 15 is 0 Å². The van der Waals surface area contributed by atoms with Crippen LogP contribution in [0.15, 0.2) is 48.5 Å². The first-order valence-corrected chi connectivity index (χ1v) is 12.6. The summed E-state index contributed by atoms with van der Waals surface area (Å²) in [7, 11) is 0. The van der Waals surface area contributed by atoms with Crippen molar-refractivity contribution in [1.82, 2.24) is 10.6 Å². The summed E-state index contributed by atoms with van der Waals surface area (Å²) in [6.45, 7) is 2.48. The van der Waals surface area contributed by atoms with Gasteiger partial charge in [0.05, 0.1) is 6.42 Å². The Hall–Kier alpha value is -3.35. The molecule has 0 bridgehead atoms. The van der Waals surface area contributed by atoms with Gasteiger partial charge in [0.2, 0.25) is 5.91 Å². The highest BCUT2D eigenvalue weighted by atomic mass is 16.5. The fraction of sp³-hybridized carbons (Fsp3) is 0.464. The van der Waals surface area contributed by atoms with Crippen LogP contribution in [0.1, 0.15) is 62.5 Å². The second kappa shape index (κ2) is 11.4. The van der Waals surface area contributed by atoms with Crippen LogP contribution in [-0.2, 0) is 14.3 Å². The van der Waals surface area contributed by atoms with Gasteiger partial charge in [-0.3, -0.25) is 9.59 Å². The van der Waals surface area contributed by atoms with Crippen LogP contribution < -0.4 is 10.6 Å². The highest BCUT2D eigenvalue weighted by Gasteiger charge is 2.33. The molecule has 2 aliphatic rings. The molecule has 0 heterocycles. The summed E-state index contributed by atoms with van der Waals surface area (Å²) in [6.07, 6.45) is 3.55. The van der Waals surface area contributed by atoms with Gasteiger partial charge in [0, 0.05) is 24.4 Å². The standard InChI is InChI=1S/C28H34N2O5/c1-2-19(15-26(31)32)30-27(33)20-10-4-3-9-18(20)16-29-28(34)35-17-25-23-13-7-5-11-21(23)22-12-6-8-14-24(22)25/h5-8,11-14,18-20,25H,2-4,9-10,15-17H2,1H3,(H,29,34)(H,30,33)(H,31,32)/t18-,19+,20-/m0/s1. The molecule has 3 N–H and O–H groups in total. The Morgan fingerprint density at radius 1 is 1.00 bits per heavy atom. The van der Waals surface area contributed by atoms with E-state index in [9.17, 15) is 14.4 Å². The molecule has 0 spiro atoms. The first-order chi connectivity index (χ1) is 17.0. The van der Waals surface area contributed by atoms with E-state index in [1.807, 2.05) is 31.2 Å². The molecule has 2 amide bonds. The summed E-state index contributed by atoms with van der Waals surface area (Å²) in [6, 6.07) is 16.0. The van der Waals surface area contributed by atoms with Crippen molar-refractivity contribution in [3.8, 4) is 11.1 Å². The quantitative estimate of drug-likeness (QED) is 0.485. The molecule has 0 saturated heterocycles. The zero-order valence-electron chi connectivity index (χ0n) is 20.2. The van der Waals surface area contributed by atoms with Crippen LogP contribution in [0.5, 0.6) is 0 Å². The monoisotopic (exact) mass is 478 g/mol. The van der Waals surface area contributed by atoms with Crippen molar-refractivity contribution in [2.24, 2.45) is 11.8 Å². The average Bonchev–Trinajstić information content (AvgIpc) is 3.19. The summed E-state index contributed by atoms with van der Waals surface area (Å²) >= 11 is 0. The van der Waals surface area contributed by atoms with Crippen LogP contribution in [0.3, 0.4) is 0 Å². The maximum absolute atomic E-state index is 12.9. The van der Waals surface area contributed by atoms with Crippen LogP contribution in [0, 0.1) is 11.8 Å². The zero-order valence-corrected chi connectivity index (χ0v) is 20.2. The molecule has 3 atom stereocenters. The molecule has 1 fully saturated rings. The third kappa shape index (κ3) is 5.84. The van der Waals surface area contributed by atoms with E-state index in [0.717, 1.165) is 36.8 Å². The van der Waals surface area contributed by atoms with Crippen molar-refractivity contribution in [1.29, 1.82) is 0 Å². The van der Waals surface area contributed by atoms with Crippen molar-refractivity contribution in [2.75, 3.05) is 13.2 Å². The maximum Gasteiger partial charge on any atom is 0.407 e. The Morgan fingerprint density at radius 3 is 2.26 bits per heavy atom. The number of nitrogens with one attached hydrogen (secondary N) is 2. The van der Waals surface area contributed by atoms with Crippen LogP contribution in [-0.4, -0.2) is 42.3 Å². The lowest BCUT2D eigenvalue weighted by atomic mass is 9.78. The van der Waals surface area contributed by atoms with Gasteiger partial charge in [-0.2, -0.15) is 0 Å². The number of benzene rings is 2. The van der Waals surface area contributed by atoms with Gasteiger partial charge in [-0.25, -0.2) is 4.79 Å². The Balaban J connectivity index is 1.31. The fourth-order valence-electron chi connectivity index (χ4n) is 5.48. The Labute approximate surface area is 206 Å². The van der Waals surface area contributed by atoms with E-state index in [1.165, 1.54) is 11.1 Å². The Kier molecular flexibility index (Phi) is 8.06. The van der Waals surface area contributed by atoms with Gasteiger partial charge in [-0.1, -0.05) is 68.3 Å². The van der Waals surface area contributed by atoms with Gasteiger partial charge in [-0.05, 0) is 47.4 Å². The number of carbonyl (C=O) groups excluding carboxylic acids is 2. The number of hydrogen-bond donors (Lipinski definition) is 3. The van der Waals surface area contributed by atoms with Crippen LogP contribution >= 0.6 is 0 Å². The number of ether oxygens (including phenoxy) is 1.